The summed E-state index contributed by atoms with van der Waals surface area (Å²) in [5.41, 5.74) is 6.36. The molecule has 2 N–H and O–H groups in total. The lowest BCUT2D eigenvalue weighted by Gasteiger charge is -2.19. The predicted molar refractivity (Wildman–Crippen MR) is 59.6 cm³/mol. The van der Waals surface area contributed by atoms with Crippen molar-refractivity contribution in [3.63, 3.8) is 0 Å². The highest BCUT2D eigenvalue weighted by molar-refractivity contribution is 7.09. The fourth-order valence-corrected chi connectivity index (χ4v) is 2.04. The Morgan fingerprint density at radius 3 is 2.79 bits per heavy atom. The average molecular weight is 214 g/mol. The van der Waals surface area contributed by atoms with Gasteiger partial charge in [0.1, 0.15) is 10.6 Å². The second-order valence-corrected chi connectivity index (χ2v) is 4.79. The van der Waals surface area contributed by atoms with Crippen LogP contribution in [0.3, 0.4) is 0 Å². The number of hydrogen-bond acceptors (Lipinski definition) is 4. The molecule has 1 rings (SSSR count). The van der Waals surface area contributed by atoms with Gasteiger partial charge in [0.15, 0.2) is 0 Å². The highest BCUT2D eigenvalue weighted by atomic mass is 32.1. The van der Waals surface area contributed by atoms with Crippen molar-refractivity contribution >= 4 is 11.3 Å². The Hall–Kier alpha value is -0.450. The van der Waals surface area contributed by atoms with E-state index in [1.54, 1.807) is 18.4 Å². The maximum atomic E-state index is 5.59. The summed E-state index contributed by atoms with van der Waals surface area (Å²) in [7, 11) is 1.70. The highest BCUT2D eigenvalue weighted by Crippen LogP contribution is 2.28. The number of hydrogen-bond donors (Lipinski definition) is 1. The molecule has 0 saturated carbocycles. The molecule has 14 heavy (non-hydrogen) atoms. The van der Waals surface area contributed by atoms with E-state index in [1.807, 2.05) is 13.8 Å². The van der Waals surface area contributed by atoms with Gasteiger partial charge in [-0.25, -0.2) is 4.98 Å². The molecule has 0 amide bonds. The first-order chi connectivity index (χ1) is 6.51. The topological polar surface area (TPSA) is 48.1 Å². The number of thiazole rings is 1. The summed E-state index contributed by atoms with van der Waals surface area (Å²) in [5, 5.41) is 3.07. The first-order valence-electron chi connectivity index (χ1n) is 4.72. The molecule has 0 spiro atoms. The van der Waals surface area contributed by atoms with Gasteiger partial charge in [0.05, 0.1) is 5.69 Å². The van der Waals surface area contributed by atoms with Gasteiger partial charge in [-0.05, 0) is 13.8 Å². The van der Waals surface area contributed by atoms with Crippen molar-refractivity contribution in [2.75, 3.05) is 13.7 Å². The molecule has 0 saturated heterocycles. The number of nitrogens with zero attached hydrogens (tertiary/aromatic N) is 1. The zero-order valence-corrected chi connectivity index (χ0v) is 10.0. The van der Waals surface area contributed by atoms with E-state index in [9.17, 15) is 0 Å². The lowest BCUT2D eigenvalue weighted by molar-refractivity contribution is 0.0189. The van der Waals surface area contributed by atoms with Crippen molar-refractivity contribution in [2.45, 2.75) is 32.3 Å². The molecule has 0 bridgehead atoms. The second kappa shape index (κ2) is 4.38. The van der Waals surface area contributed by atoms with Crippen molar-refractivity contribution in [3.05, 3.63) is 16.1 Å². The number of ether oxygens (including phenoxy) is 1. The van der Waals surface area contributed by atoms with Crippen molar-refractivity contribution in [1.29, 1.82) is 0 Å². The fraction of sp³-hybridized carbons (Fsp3) is 0.700. The van der Waals surface area contributed by atoms with Crippen LogP contribution in [0.5, 0.6) is 0 Å². The van der Waals surface area contributed by atoms with Crippen LogP contribution in [0.2, 0.25) is 0 Å². The molecule has 1 aromatic heterocycles. The minimum absolute atomic E-state index is 0.294. The minimum atomic E-state index is -0.294. The monoisotopic (exact) mass is 214 g/mol. The molecule has 0 aromatic carbocycles. The summed E-state index contributed by atoms with van der Waals surface area (Å²) in [6, 6.07) is 0. The first-order valence-corrected chi connectivity index (χ1v) is 5.60. The van der Waals surface area contributed by atoms with Crippen LogP contribution in [0.25, 0.3) is 0 Å². The molecule has 0 aliphatic rings. The van der Waals surface area contributed by atoms with Gasteiger partial charge in [0.2, 0.25) is 0 Å². The maximum absolute atomic E-state index is 5.59. The van der Waals surface area contributed by atoms with E-state index in [0.29, 0.717) is 12.5 Å². The molecule has 1 unspecified atom stereocenters. The Morgan fingerprint density at radius 1 is 1.64 bits per heavy atom. The van der Waals surface area contributed by atoms with Crippen LogP contribution >= 0.6 is 11.3 Å². The largest absolute Gasteiger partial charge is 0.372 e. The van der Waals surface area contributed by atoms with Crippen LogP contribution < -0.4 is 5.73 Å². The van der Waals surface area contributed by atoms with E-state index < -0.39 is 0 Å². The summed E-state index contributed by atoms with van der Waals surface area (Å²) in [6.07, 6.45) is 0. The summed E-state index contributed by atoms with van der Waals surface area (Å²) < 4.78 is 5.37. The molecule has 0 aliphatic carbocycles. The number of aromatic nitrogens is 1. The molecular formula is C10H18N2OS. The molecule has 0 radical (unpaired) electrons. The fourth-order valence-electron chi connectivity index (χ4n) is 0.997. The minimum Gasteiger partial charge on any atom is -0.372 e. The Balaban J connectivity index is 2.88. The predicted octanol–water partition coefficient (Wildman–Crippen LogP) is 2.09. The first kappa shape index (κ1) is 11.6. The third-order valence-electron chi connectivity index (χ3n) is 2.41. The molecule has 0 aliphatic heterocycles. The van der Waals surface area contributed by atoms with Gasteiger partial charge in [-0.1, -0.05) is 6.92 Å². The second-order valence-electron chi connectivity index (χ2n) is 3.93. The van der Waals surface area contributed by atoms with Gasteiger partial charge >= 0.3 is 0 Å². The van der Waals surface area contributed by atoms with Gasteiger partial charge in [-0.15, -0.1) is 11.3 Å². The van der Waals surface area contributed by atoms with Crippen molar-refractivity contribution < 1.29 is 4.74 Å². The van der Waals surface area contributed by atoms with Crippen LogP contribution in [0.15, 0.2) is 5.38 Å². The van der Waals surface area contributed by atoms with E-state index in [2.05, 4.69) is 17.3 Å². The van der Waals surface area contributed by atoms with Crippen LogP contribution in [0.4, 0.5) is 0 Å². The Kier molecular flexibility index (Phi) is 3.64. The number of rotatable bonds is 4. The lowest BCUT2D eigenvalue weighted by atomic mass is 10.1. The molecule has 4 heteroatoms. The molecule has 0 fully saturated rings. The summed E-state index contributed by atoms with van der Waals surface area (Å²) in [6.45, 7) is 6.75. The number of nitrogens with two attached hydrogens (primary N) is 1. The molecule has 1 atom stereocenters. The van der Waals surface area contributed by atoms with E-state index in [-0.39, 0.29) is 5.60 Å². The Morgan fingerprint density at radius 2 is 2.29 bits per heavy atom. The summed E-state index contributed by atoms with van der Waals surface area (Å²) in [5.74, 6) is 0.327. The van der Waals surface area contributed by atoms with Crippen LogP contribution in [0, 0.1) is 0 Å². The smallest absolute Gasteiger partial charge is 0.124 e. The highest BCUT2D eigenvalue weighted by Gasteiger charge is 2.24. The zero-order chi connectivity index (χ0) is 10.8. The molecular weight excluding hydrogens is 196 g/mol. The number of methoxy groups -OCH3 is 1. The Labute approximate surface area is 89.3 Å². The van der Waals surface area contributed by atoms with Crippen LogP contribution in [-0.4, -0.2) is 18.6 Å². The summed E-state index contributed by atoms with van der Waals surface area (Å²) >= 11 is 1.63. The lowest BCUT2D eigenvalue weighted by Crippen LogP contribution is -2.19. The van der Waals surface area contributed by atoms with Crippen molar-refractivity contribution in [2.24, 2.45) is 5.73 Å². The average Bonchev–Trinajstić information content (AvgIpc) is 2.66. The van der Waals surface area contributed by atoms with Gasteiger partial charge in [-0.3, -0.25) is 0 Å². The molecule has 3 nitrogen and oxygen atoms in total. The third kappa shape index (κ3) is 2.32. The van der Waals surface area contributed by atoms with Crippen molar-refractivity contribution in [3.8, 4) is 0 Å². The quantitative estimate of drug-likeness (QED) is 0.835. The normalized spacial score (nSPS) is 14.4. The molecule has 1 aromatic rings. The van der Waals surface area contributed by atoms with E-state index in [0.717, 1.165) is 10.7 Å². The van der Waals surface area contributed by atoms with Gasteiger partial charge in [-0.2, -0.15) is 0 Å². The van der Waals surface area contributed by atoms with Gasteiger partial charge < -0.3 is 10.5 Å². The maximum Gasteiger partial charge on any atom is 0.124 e. The molecule has 1 heterocycles. The van der Waals surface area contributed by atoms with Crippen molar-refractivity contribution in [1.82, 2.24) is 4.98 Å². The standard InChI is InChI=1S/C10H18N2OS/c1-7(5-11)8-6-14-9(12-8)10(2,3)13-4/h6-7H,5,11H2,1-4H3. The Bertz CT molecular complexity index is 296. The van der Waals surface area contributed by atoms with Gasteiger partial charge in [0.25, 0.3) is 0 Å². The van der Waals surface area contributed by atoms with E-state index >= 15 is 0 Å². The third-order valence-corrected chi connectivity index (χ3v) is 3.57. The van der Waals surface area contributed by atoms with E-state index in [1.165, 1.54) is 0 Å². The van der Waals surface area contributed by atoms with E-state index in [4.69, 9.17) is 10.5 Å². The summed E-state index contributed by atoms with van der Waals surface area (Å²) in [4.78, 5) is 4.54. The van der Waals surface area contributed by atoms with Crippen LogP contribution in [-0.2, 0) is 10.3 Å². The van der Waals surface area contributed by atoms with Crippen LogP contribution in [0.1, 0.15) is 37.4 Å². The molecule has 80 valence electrons. The van der Waals surface area contributed by atoms with Gasteiger partial charge in [0, 0.05) is 25.0 Å². The SMILES string of the molecule is COC(C)(C)c1nc(C(C)CN)cs1. The zero-order valence-electron chi connectivity index (χ0n) is 9.20.